The summed E-state index contributed by atoms with van der Waals surface area (Å²) in [5.41, 5.74) is 0.0448. The van der Waals surface area contributed by atoms with Gasteiger partial charge in [0, 0.05) is 18.7 Å². The Morgan fingerprint density at radius 1 is 1.58 bits per heavy atom. The van der Waals surface area contributed by atoms with Crippen molar-refractivity contribution in [3.8, 4) is 0 Å². The lowest BCUT2D eigenvalue weighted by Gasteiger charge is -2.26. The second-order valence-corrected chi connectivity index (χ2v) is 4.48. The van der Waals surface area contributed by atoms with Gasteiger partial charge in [0.05, 0.1) is 10.5 Å². The summed E-state index contributed by atoms with van der Waals surface area (Å²) >= 11 is 0. The molecule has 1 saturated carbocycles. The SMILES string of the molecule is CCNc1ncc([N+](=O)[O-])cc1C(=O)NC1CCC1. The van der Waals surface area contributed by atoms with Gasteiger partial charge in [0.1, 0.15) is 12.0 Å². The minimum absolute atomic E-state index is 0.180. The third-order valence-electron chi connectivity index (χ3n) is 3.11. The van der Waals surface area contributed by atoms with E-state index < -0.39 is 4.92 Å². The van der Waals surface area contributed by atoms with Crippen LogP contribution >= 0.6 is 0 Å². The molecule has 0 saturated heterocycles. The molecule has 1 aromatic rings. The van der Waals surface area contributed by atoms with Gasteiger partial charge < -0.3 is 10.6 Å². The van der Waals surface area contributed by atoms with Gasteiger partial charge >= 0.3 is 0 Å². The lowest BCUT2D eigenvalue weighted by Crippen LogP contribution is -2.39. The van der Waals surface area contributed by atoms with E-state index in [9.17, 15) is 14.9 Å². The summed E-state index contributed by atoms with van der Waals surface area (Å²) < 4.78 is 0. The largest absolute Gasteiger partial charge is 0.370 e. The fraction of sp³-hybridized carbons (Fsp3) is 0.500. The molecule has 0 unspecified atom stereocenters. The summed E-state index contributed by atoms with van der Waals surface area (Å²) in [4.78, 5) is 26.2. The van der Waals surface area contributed by atoms with Crippen LogP contribution in [0.3, 0.4) is 0 Å². The van der Waals surface area contributed by atoms with Gasteiger partial charge in [-0.3, -0.25) is 14.9 Å². The molecule has 0 aromatic carbocycles. The number of anilines is 1. The van der Waals surface area contributed by atoms with Crippen molar-refractivity contribution in [1.29, 1.82) is 0 Å². The molecule has 0 radical (unpaired) electrons. The number of aromatic nitrogens is 1. The molecule has 1 amide bonds. The van der Waals surface area contributed by atoms with E-state index in [0.29, 0.717) is 12.4 Å². The van der Waals surface area contributed by atoms with Crippen molar-refractivity contribution in [1.82, 2.24) is 10.3 Å². The average molecular weight is 264 g/mol. The Kier molecular flexibility index (Phi) is 3.94. The molecule has 0 bridgehead atoms. The minimum Gasteiger partial charge on any atom is -0.370 e. The number of carbonyl (C=O) groups excluding carboxylic acids is 1. The van der Waals surface area contributed by atoms with Gasteiger partial charge in [-0.05, 0) is 26.2 Å². The first-order chi connectivity index (χ1) is 9.11. The quantitative estimate of drug-likeness (QED) is 0.623. The maximum Gasteiger partial charge on any atom is 0.288 e. The van der Waals surface area contributed by atoms with E-state index in [-0.39, 0.29) is 23.2 Å². The highest BCUT2D eigenvalue weighted by atomic mass is 16.6. The second kappa shape index (κ2) is 5.64. The van der Waals surface area contributed by atoms with Crippen LogP contribution in [0.2, 0.25) is 0 Å². The summed E-state index contributed by atoms with van der Waals surface area (Å²) in [6, 6.07) is 1.44. The summed E-state index contributed by atoms with van der Waals surface area (Å²) in [7, 11) is 0. The molecule has 1 aliphatic rings. The topological polar surface area (TPSA) is 97.2 Å². The van der Waals surface area contributed by atoms with Crippen LogP contribution in [-0.2, 0) is 0 Å². The van der Waals surface area contributed by atoms with Crippen LogP contribution < -0.4 is 10.6 Å². The number of nitrogens with one attached hydrogen (secondary N) is 2. The van der Waals surface area contributed by atoms with Gasteiger partial charge in [0.2, 0.25) is 0 Å². The number of hydrogen-bond donors (Lipinski definition) is 2. The zero-order chi connectivity index (χ0) is 13.8. The Morgan fingerprint density at radius 2 is 2.32 bits per heavy atom. The Balaban J connectivity index is 2.24. The van der Waals surface area contributed by atoms with Gasteiger partial charge in [-0.25, -0.2) is 4.98 Å². The fourth-order valence-electron chi connectivity index (χ4n) is 1.85. The highest BCUT2D eigenvalue weighted by Crippen LogP contribution is 2.22. The molecule has 1 aliphatic carbocycles. The van der Waals surface area contributed by atoms with E-state index in [1.165, 1.54) is 6.07 Å². The molecule has 0 atom stereocenters. The molecule has 7 nitrogen and oxygen atoms in total. The standard InChI is InChI=1S/C12H16N4O3/c1-2-13-11-10(6-9(7-14-11)16(18)19)12(17)15-8-4-3-5-8/h6-8H,2-5H2,1H3,(H,13,14)(H,15,17). The summed E-state index contributed by atoms with van der Waals surface area (Å²) in [6.07, 6.45) is 4.19. The van der Waals surface area contributed by atoms with Crippen LogP contribution in [0.5, 0.6) is 0 Å². The van der Waals surface area contributed by atoms with Gasteiger partial charge in [0.15, 0.2) is 0 Å². The molecule has 1 aromatic heterocycles. The number of nitro groups is 1. The van der Waals surface area contributed by atoms with Gasteiger partial charge in [0.25, 0.3) is 11.6 Å². The predicted octanol–water partition coefficient (Wildman–Crippen LogP) is 1.70. The zero-order valence-corrected chi connectivity index (χ0v) is 10.7. The van der Waals surface area contributed by atoms with E-state index in [4.69, 9.17) is 0 Å². The van der Waals surface area contributed by atoms with Crippen molar-refractivity contribution in [2.45, 2.75) is 32.2 Å². The van der Waals surface area contributed by atoms with E-state index in [1.807, 2.05) is 6.92 Å². The lowest BCUT2D eigenvalue weighted by molar-refractivity contribution is -0.385. The Labute approximate surface area is 110 Å². The van der Waals surface area contributed by atoms with Crippen molar-refractivity contribution in [3.05, 3.63) is 27.9 Å². The molecule has 2 rings (SSSR count). The first-order valence-electron chi connectivity index (χ1n) is 6.31. The third kappa shape index (κ3) is 2.98. The zero-order valence-electron chi connectivity index (χ0n) is 10.7. The van der Waals surface area contributed by atoms with Gasteiger partial charge in [-0.1, -0.05) is 0 Å². The van der Waals surface area contributed by atoms with E-state index in [0.717, 1.165) is 25.5 Å². The normalized spacial score (nSPS) is 14.6. The molecule has 1 heterocycles. The first-order valence-corrected chi connectivity index (χ1v) is 6.31. The molecule has 0 aliphatic heterocycles. The maximum atomic E-state index is 12.1. The maximum absolute atomic E-state index is 12.1. The first kappa shape index (κ1) is 13.3. The van der Waals surface area contributed by atoms with Crippen molar-refractivity contribution in [2.24, 2.45) is 0 Å². The van der Waals surface area contributed by atoms with Crippen molar-refractivity contribution in [2.75, 3.05) is 11.9 Å². The van der Waals surface area contributed by atoms with Crippen molar-refractivity contribution < 1.29 is 9.72 Å². The average Bonchev–Trinajstić information content (AvgIpc) is 2.34. The van der Waals surface area contributed by atoms with E-state index in [2.05, 4.69) is 15.6 Å². The number of nitrogens with zero attached hydrogens (tertiary/aromatic N) is 2. The molecule has 102 valence electrons. The molecule has 7 heteroatoms. The summed E-state index contributed by atoms with van der Waals surface area (Å²) in [5.74, 6) is 0.0711. The van der Waals surface area contributed by atoms with Crippen molar-refractivity contribution in [3.63, 3.8) is 0 Å². The van der Waals surface area contributed by atoms with Gasteiger partial charge in [-0.15, -0.1) is 0 Å². The molecular formula is C12H16N4O3. The summed E-state index contributed by atoms with van der Waals surface area (Å²) in [6.45, 7) is 2.46. The van der Waals surface area contributed by atoms with Crippen LogP contribution in [-0.4, -0.2) is 28.4 Å². The second-order valence-electron chi connectivity index (χ2n) is 4.48. The highest BCUT2D eigenvalue weighted by Gasteiger charge is 2.23. The van der Waals surface area contributed by atoms with Crippen LogP contribution in [0, 0.1) is 10.1 Å². The van der Waals surface area contributed by atoms with Crippen LogP contribution in [0.1, 0.15) is 36.5 Å². The number of rotatable bonds is 5. The number of carbonyl (C=O) groups is 1. The predicted molar refractivity (Wildman–Crippen MR) is 70.2 cm³/mol. The minimum atomic E-state index is -0.553. The van der Waals surface area contributed by atoms with Crippen molar-refractivity contribution >= 4 is 17.4 Å². The van der Waals surface area contributed by atoms with Crippen LogP contribution in [0.15, 0.2) is 12.3 Å². The molecule has 0 spiro atoms. The number of pyridine rings is 1. The molecule has 19 heavy (non-hydrogen) atoms. The Bertz CT molecular complexity index is 500. The highest BCUT2D eigenvalue weighted by molar-refractivity contribution is 5.99. The van der Waals surface area contributed by atoms with Crippen LogP contribution in [0.25, 0.3) is 0 Å². The smallest absolute Gasteiger partial charge is 0.288 e. The number of hydrogen-bond acceptors (Lipinski definition) is 5. The summed E-state index contributed by atoms with van der Waals surface area (Å²) in [5, 5.41) is 16.5. The number of amides is 1. The van der Waals surface area contributed by atoms with E-state index >= 15 is 0 Å². The monoisotopic (exact) mass is 264 g/mol. The van der Waals surface area contributed by atoms with E-state index in [1.54, 1.807) is 0 Å². The Morgan fingerprint density at radius 3 is 2.84 bits per heavy atom. The molecular weight excluding hydrogens is 248 g/mol. The third-order valence-corrected chi connectivity index (χ3v) is 3.11. The fourth-order valence-corrected chi connectivity index (χ4v) is 1.85. The lowest BCUT2D eigenvalue weighted by atomic mass is 9.93. The molecule has 1 fully saturated rings. The van der Waals surface area contributed by atoms with Gasteiger partial charge in [-0.2, -0.15) is 0 Å². The Hall–Kier alpha value is -2.18. The molecule has 2 N–H and O–H groups in total. The van der Waals surface area contributed by atoms with Crippen LogP contribution in [0.4, 0.5) is 11.5 Å².